The highest BCUT2D eigenvalue weighted by Gasteiger charge is 2.31. The predicted octanol–water partition coefficient (Wildman–Crippen LogP) is 1.61. The van der Waals surface area contributed by atoms with Crippen molar-refractivity contribution < 1.29 is 13.2 Å². The van der Waals surface area contributed by atoms with E-state index in [1.807, 2.05) is 41.4 Å². The fourth-order valence-corrected chi connectivity index (χ4v) is 6.79. The van der Waals surface area contributed by atoms with Gasteiger partial charge in [0.05, 0.1) is 17.1 Å². The van der Waals surface area contributed by atoms with Crippen LogP contribution < -0.4 is 0 Å². The zero-order chi connectivity index (χ0) is 24.3. The molecule has 3 heterocycles. The van der Waals surface area contributed by atoms with E-state index in [-0.39, 0.29) is 5.91 Å². The predicted molar refractivity (Wildman–Crippen MR) is 134 cm³/mol. The van der Waals surface area contributed by atoms with Crippen LogP contribution in [0, 0.1) is 0 Å². The molecule has 1 aromatic carbocycles. The van der Waals surface area contributed by atoms with E-state index in [1.165, 1.54) is 21.9 Å². The summed E-state index contributed by atoms with van der Waals surface area (Å²) in [5.41, 5.74) is 3.52. The first-order valence-corrected chi connectivity index (χ1v) is 14.2. The molecule has 0 bridgehead atoms. The van der Waals surface area contributed by atoms with E-state index in [2.05, 4.69) is 14.8 Å². The molecule has 2 saturated heterocycles. The van der Waals surface area contributed by atoms with E-state index in [0.717, 1.165) is 57.7 Å². The molecule has 1 amide bonds. The van der Waals surface area contributed by atoms with Gasteiger partial charge in [0, 0.05) is 65.1 Å². The monoisotopic (exact) mass is 497 g/mol. The Balaban J connectivity index is 1.09. The second-order valence-electron chi connectivity index (χ2n) is 9.80. The molecule has 0 atom stereocenters. The van der Waals surface area contributed by atoms with E-state index >= 15 is 0 Å². The van der Waals surface area contributed by atoms with E-state index in [0.29, 0.717) is 37.6 Å². The van der Waals surface area contributed by atoms with Gasteiger partial charge in [0.2, 0.25) is 15.9 Å². The molecule has 0 saturated carbocycles. The maximum atomic E-state index is 13.2. The number of amides is 1. The molecule has 5 rings (SSSR count). The van der Waals surface area contributed by atoms with Gasteiger partial charge in [-0.1, -0.05) is 12.1 Å². The number of aryl methyl sites for hydroxylation is 2. The van der Waals surface area contributed by atoms with Crippen molar-refractivity contribution in [2.75, 3.05) is 58.9 Å². The van der Waals surface area contributed by atoms with Gasteiger partial charge in [-0.3, -0.25) is 19.6 Å². The summed E-state index contributed by atoms with van der Waals surface area (Å²) in [6.07, 6.45) is 6.11. The molecule has 0 N–H and O–H groups in total. The van der Waals surface area contributed by atoms with Crippen LogP contribution in [-0.2, 0) is 34.2 Å². The van der Waals surface area contributed by atoms with Crippen molar-refractivity contribution in [1.29, 1.82) is 0 Å². The third-order valence-electron chi connectivity index (χ3n) is 7.48. The Labute approximate surface area is 208 Å². The first-order chi connectivity index (χ1) is 17.0. The van der Waals surface area contributed by atoms with Crippen LogP contribution in [0.4, 0.5) is 0 Å². The maximum Gasteiger partial charge on any atom is 0.243 e. The van der Waals surface area contributed by atoms with Crippen LogP contribution in [0.2, 0.25) is 0 Å². The molecule has 35 heavy (non-hydrogen) atoms. The molecule has 0 radical (unpaired) electrons. The topological polar surface area (TPSA) is 77.1 Å². The number of aromatic nitrogens is 1. The largest absolute Gasteiger partial charge is 0.339 e. The number of benzene rings is 1. The van der Waals surface area contributed by atoms with Crippen molar-refractivity contribution in [2.24, 2.45) is 0 Å². The van der Waals surface area contributed by atoms with Gasteiger partial charge < -0.3 is 4.90 Å². The third kappa shape index (κ3) is 5.74. The van der Waals surface area contributed by atoms with Crippen molar-refractivity contribution in [2.45, 2.75) is 37.1 Å². The maximum absolute atomic E-state index is 13.2. The molecule has 8 nitrogen and oxygen atoms in total. The van der Waals surface area contributed by atoms with E-state index < -0.39 is 10.0 Å². The minimum atomic E-state index is -3.53. The van der Waals surface area contributed by atoms with Crippen LogP contribution in [0.25, 0.3) is 0 Å². The van der Waals surface area contributed by atoms with Gasteiger partial charge in [0.25, 0.3) is 0 Å². The number of sulfonamides is 1. The molecule has 9 heteroatoms. The van der Waals surface area contributed by atoms with Crippen LogP contribution in [0.1, 0.15) is 29.7 Å². The van der Waals surface area contributed by atoms with Gasteiger partial charge in [0.15, 0.2) is 0 Å². The number of pyridine rings is 1. The van der Waals surface area contributed by atoms with Gasteiger partial charge in [-0.2, -0.15) is 4.31 Å². The molecule has 0 unspecified atom stereocenters. The minimum absolute atomic E-state index is 0.0917. The van der Waals surface area contributed by atoms with E-state index in [1.54, 1.807) is 6.07 Å². The molecule has 3 aliphatic rings. The highest BCUT2D eigenvalue weighted by atomic mass is 32.2. The molecular weight excluding hydrogens is 462 g/mol. The van der Waals surface area contributed by atoms with E-state index in [9.17, 15) is 13.2 Å². The second kappa shape index (κ2) is 10.7. The van der Waals surface area contributed by atoms with Gasteiger partial charge in [-0.15, -0.1) is 0 Å². The van der Waals surface area contributed by atoms with Crippen LogP contribution >= 0.6 is 0 Å². The summed E-state index contributed by atoms with van der Waals surface area (Å²) in [5, 5.41) is 0. The van der Waals surface area contributed by atoms with Crippen molar-refractivity contribution in [3.63, 3.8) is 0 Å². The number of carbonyl (C=O) groups excluding carboxylic acids is 1. The summed E-state index contributed by atoms with van der Waals surface area (Å²) >= 11 is 0. The quantitative estimate of drug-likeness (QED) is 0.604. The number of rotatable bonds is 6. The molecule has 1 aromatic heterocycles. The summed E-state index contributed by atoms with van der Waals surface area (Å²) in [5.74, 6) is 0.0917. The van der Waals surface area contributed by atoms with Crippen LogP contribution in [0.5, 0.6) is 0 Å². The third-order valence-corrected chi connectivity index (χ3v) is 9.38. The average molecular weight is 498 g/mol. The minimum Gasteiger partial charge on any atom is -0.339 e. The molecule has 2 aliphatic heterocycles. The zero-order valence-electron chi connectivity index (χ0n) is 20.3. The lowest BCUT2D eigenvalue weighted by atomic mass is 9.92. The summed E-state index contributed by atoms with van der Waals surface area (Å²) < 4.78 is 28.0. The number of carbonyl (C=O) groups is 1. The fraction of sp³-hybridized carbons (Fsp3) is 0.538. The van der Waals surface area contributed by atoms with Gasteiger partial charge in [-0.25, -0.2) is 8.42 Å². The molecule has 2 aromatic rings. The van der Waals surface area contributed by atoms with Crippen molar-refractivity contribution in [3.8, 4) is 0 Å². The molecule has 1 aliphatic carbocycles. The van der Waals surface area contributed by atoms with Gasteiger partial charge in [-0.05, 0) is 61.1 Å². The number of hydrogen-bond donors (Lipinski definition) is 0. The SMILES string of the molecule is O=C(CN1CCN(Cc2ccccn2)CC1)N1CCN(S(=O)(=O)c2ccc3c(c2)CCCC3)CC1. The van der Waals surface area contributed by atoms with Crippen LogP contribution in [-0.4, -0.2) is 97.2 Å². The lowest BCUT2D eigenvalue weighted by Crippen LogP contribution is -2.54. The van der Waals surface area contributed by atoms with Gasteiger partial charge in [0.1, 0.15) is 0 Å². The Hall–Kier alpha value is -2.33. The Bertz CT molecular complexity index is 1120. The number of piperazine rings is 2. The average Bonchev–Trinajstić information content (AvgIpc) is 2.90. The van der Waals surface area contributed by atoms with Crippen molar-refractivity contribution in [1.82, 2.24) is 24.0 Å². The lowest BCUT2D eigenvalue weighted by molar-refractivity contribution is -0.134. The smallest absolute Gasteiger partial charge is 0.243 e. The highest BCUT2D eigenvalue weighted by molar-refractivity contribution is 7.89. The number of nitrogens with zero attached hydrogens (tertiary/aromatic N) is 5. The standard InChI is InChI=1S/C26H35N5O3S/c32-26(21-29-13-11-28(12-14-29)20-24-7-3-4-10-27-24)30-15-17-31(18-16-30)35(33,34)25-9-8-22-5-1-2-6-23(22)19-25/h3-4,7-10,19H,1-2,5-6,11-18,20-21H2. The second-order valence-corrected chi connectivity index (χ2v) is 11.7. The summed E-state index contributed by atoms with van der Waals surface area (Å²) in [6.45, 7) is 6.36. The summed E-state index contributed by atoms with van der Waals surface area (Å²) in [7, 11) is -3.53. The first-order valence-electron chi connectivity index (χ1n) is 12.7. The Morgan fingerprint density at radius 2 is 1.54 bits per heavy atom. The Morgan fingerprint density at radius 1 is 0.829 bits per heavy atom. The molecule has 0 spiro atoms. The van der Waals surface area contributed by atoms with E-state index in [4.69, 9.17) is 0 Å². The Morgan fingerprint density at radius 3 is 2.26 bits per heavy atom. The molecule has 188 valence electrons. The molecule has 2 fully saturated rings. The lowest BCUT2D eigenvalue weighted by Gasteiger charge is -2.37. The number of fused-ring (bicyclic) bond motifs is 1. The zero-order valence-corrected chi connectivity index (χ0v) is 21.1. The molecular formula is C26H35N5O3S. The number of hydrogen-bond acceptors (Lipinski definition) is 6. The Kier molecular flexibility index (Phi) is 7.48. The van der Waals surface area contributed by atoms with Gasteiger partial charge >= 0.3 is 0 Å². The van der Waals surface area contributed by atoms with Crippen molar-refractivity contribution >= 4 is 15.9 Å². The normalized spacial score (nSPS) is 20.5. The fourth-order valence-electron chi connectivity index (χ4n) is 5.31. The van der Waals surface area contributed by atoms with Crippen LogP contribution in [0.3, 0.4) is 0 Å². The summed E-state index contributed by atoms with van der Waals surface area (Å²) in [6, 6.07) is 11.6. The highest BCUT2D eigenvalue weighted by Crippen LogP contribution is 2.26. The summed E-state index contributed by atoms with van der Waals surface area (Å²) in [4.78, 5) is 24.1. The van der Waals surface area contributed by atoms with Crippen LogP contribution in [0.15, 0.2) is 47.5 Å². The van der Waals surface area contributed by atoms with Crippen molar-refractivity contribution in [3.05, 3.63) is 59.4 Å². The first kappa shape index (κ1) is 24.4.